The van der Waals surface area contributed by atoms with Crippen LogP contribution in [0.5, 0.6) is 0 Å². The SMILES string of the molecule is CCc1cc(F)c(C#N)c(F)c1. The number of hydrogen-bond acceptors (Lipinski definition) is 1. The number of aryl methyl sites for hydroxylation is 1. The summed E-state index contributed by atoms with van der Waals surface area (Å²) in [7, 11) is 0. The van der Waals surface area contributed by atoms with E-state index in [2.05, 4.69) is 0 Å². The lowest BCUT2D eigenvalue weighted by Crippen LogP contribution is -1.93. The van der Waals surface area contributed by atoms with Gasteiger partial charge >= 0.3 is 0 Å². The molecular formula is C9H7F2N. The Morgan fingerprint density at radius 2 is 1.83 bits per heavy atom. The Kier molecular flexibility index (Phi) is 2.39. The molecule has 0 saturated carbocycles. The van der Waals surface area contributed by atoms with Gasteiger partial charge in [-0.1, -0.05) is 6.92 Å². The van der Waals surface area contributed by atoms with Gasteiger partial charge in [0, 0.05) is 0 Å². The van der Waals surface area contributed by atoms with Gasteiger partial charge in [-0.05, 0) is 24.1 Å². The van der Waals surface area contributed by atoms with Crippen LogP contribution in [-0.4, -0.2) is 0 Å². The molecule has 62 valence electrons. The number of nitrogens with zero attached hydrogens (tertiary/aromatic N) is 1. The van der Waals surface area contributed by atoms with Gasteiger partial charge in [0.05, 0.1) is 0 Å². The first kappa shape index (κ1) is 8.66. The van der Waals surface area contributed by atoms with Crippen LogP contribution in [0.1, 0.15) is 18.1 Å². The number of benzene rings is 1. The third-order valence-corrected chi connectivity index (χ3v) is 1.62. The van der Waals surface area contributed by atoms with E-state index in [1.165, 1.54) is 18.2 Å². The predicted octanol–water partition coefficient (Wildman–Crippen LogP) is 2.40. The molecule has 0 aliphatic carbocycles. The summed E-state index contributed by atoms with van der Waals surface area (Å²) < 4.78 is 25.7. The standard InChI is InChI=1S/C9H7F2N/c1-2-6-3-8(10)7(5-12)9(11)4-6/h3-4H,2H2,1H3. The zero-order valence-corrected chi connectivity index (χ0v) is 6.56. The van der Waals surface area contributed by atoms with E-state index < -0.39 is 17.2 Å². The minimum atomic E-state index is -0.783. The lowest BCUT2D eigenvalue weighted by Gasteiger charge is -1.99. The first-order chi connectivity index (χ1) is 5.69. The number of halogens is 2. The average molecular weight is 167 g/mol. The van der Waals surface area contributed by atoms with E-state index >= 15 is 0 Å². The van der Waals surface area contributed by atoms with Crippen molar-refractivity contribution in [3.63, 3.8) is 0 Å². The molecule has 3 heteroatoms. The first-order valence-corrected chi connectivity index (χ1v) is 3.57. The maximum absolute atomic E-state index is 12.8. The van der Waals surface area contributed by atoms with Crippen molar-refractivity contribution in [1.29, 1.82) is 5.26 Å². The van der Waals surface area contributed by atoms with Gasteiger partial charge in [-0.2, -0.15) is 5.26 Å². The monoisotopic (exact) mass is 167 g/mol. The van der Waals surface area contributed by atoms with Gasteiger partial charge < -0.3 is 0 Å². The molecular weight excluding hydrogens is 160 g/mol. The fourth-order valence-electron chi connectivity index (χ4n) is 0.937. The first-order valence-electron chi connectivity index (χ1n) is 3.57. The molecule has 1 rings (SSSR count). The van der Waals surface area contributed by atoms with E-state index in [1.807, 2.05) is 0 Å². The van der Waals surface area contributed by atoms with E-state index in [-0.39, 0.29) is 0 Å². The van der Waals surface area contributed by atoms with E-state index in [9.17, 15) is 8.78 Å². The minimum Gasteiger partial charge on any atom is -0.205 e. The van der Waals surface area contributed by atoms with E-state index in [1.54, 1.807) is 6.92 Å². The molecule has 0 unspecified atom stereocenters. The average Bonchev–Trinajstić information content (AvgIpc) is 2.03. The molecule has 0 aliphatic rings. The van der Waals surface area contributed by atoms with Crippen molar-refractivity contribution < 1.29 is 8.78 Å². The minimum absolute atomic E-state index is 0.507. The summed E-state index contributed by atoms with van der Waals surface area (Å²) in [4.78, 5) is 0. The zero-order valence-electron chi connectivity index (χ0n) is 6.56. The number of rotatable bonds is 1. The van der Waals surface area contributed by atoms with Gasteiger partial charge in [-0.3, -0.25) is 0 Å². The molecule has 0 N–H and O–H groups in total. The summed E-state index contributed by atoms with van der Waals surface area (Å²) in [5.74, 6) is -1.57. The number of nitriles is 1. The molecule has 0 amide bonds. The second-order valence-electron chi connectivity index (χ2n) is 2.40. The van der Waals surface area contributed by atoms with Gasteiger partial charge in [0.25, 0.3) is 0 Å². The summed E-state index contributed by atoms with van der Waals surface area (Å²) in [5.41, 5.74) is 0.0520. The van der Waals surface area contributed by atoms with Crippen molar-refractivity contribution in [2.75, 3.05) is 0 Å². The highest BCUT2D eigenvalue weighted by Crippen LogP contribution is 2.14. The van der Waals surface area contributed by atoms with Crippen LogP contribution in [0.25, 0.3) is 0 Å². The van der Waals surface area contributed by atoms with Crippen molar-refractivity contribution in [2.45, 2.75) is 13.3 Å². The third kappa shape index (κ3) is 1.42. The summed E-state index contributed by atoms with van der Waals surface area (Å²) in [6.07, 6.45) is 0.555. The Labute approximate surface area is 69.2 Å². The van der Waals surface area contributed by atoms with Crippen LogP contribution in [0.3, 0.4) is 0 Å². The lowest BCUT2D eigenvalue weighted by atomic mass is 10.1. The van der Waals surface area contributed by atoms with Crippen molar-refractivity contribution >= 4 is 0 Å². The summed E-state index contributed by atoms with van der Waals surface area (Å²) in [5, 5.41) is 8.33. The Morgan fingerprint density at radius 1 is 1.33 bits per heavy atom. The summed E-state index contributed by atoms with van der Waals surface area (Å²) in [6.45, 7) is 1.79. The molecule has 12 heavy (non-hydrogen) atoms. The molecule has 0 aromatic heterocycles. The molecule has 0 atom stereocenters. The molecule has 0 fully saturated rings. The predicted molar refractivity (Wildman–Crippen MR) is 40.5 cm³/mol. The van der Waals surface area contributed by atoms with Gasteiger partial charge in [-0.15, -0.1) is 0 Å². The normalized spacial score (nSPS) is 9.50. The summed E-state index contributed by atoms with van der Waals surface area (Å²) in [6, 6.07) is 3.83. The fraction of sp³-hybridized carbons (Fsp3) is 0.222. The smallest absolute Gasteiger partial charge is 0.144 e. The van der Waals surface area contributed by atoms with Crippen LogP contribution < -0.4 is 0 Å². The number of hydrogen-bond donors (Lipinski definition) is 0. The van der Waals surface area contributed by atoms with Gasteiger partial charge in [0.2, 0.25) is 0 Å². The van der Waals surface area contributed by atoms with Crippen molar-refractivity contribution in [2.24, 2.45) is 0 Å². The van der Waals surface area contributed by atoms with E-state index in [0.29, 0.717) is 12.0 Å². The Balaban J connectivity index is 3.30. The van der Waals surface area contributed by atoms with Gasteiger partial charge in [0.15, 0.2) is 0 Å². The topological polar surface area (TPSA) is 23.8 Å². The second-order valence-corrected chi connectivity index (χ2v) is 2.40. The van der Waals surface area contributed by atoms with E-state index in [4.69, 9.17) is 5.26 Å². The lowest BCUT2D eigenvalue weighted by molar-refractivity contribution is 0.573. The summed E-state index contributed by atoms with van der Waals surface area (Å²) >= 11 is 0. The molecule has 1 aromatic rings. The van der Waals surface area contributed by atoms with Crippen LogP contribution in [0, 0.1) is 23.0 Å². The van der Waals surface area contributed by atoms with Crippen LogP contribution in [0.15, 0.2) is 12.1 Å². The zero-order chi connectivity index (χ0) is 9.14. The van der Waals surface area contributed by atoms with E-state index in [0.717, 1.165) is 0 Å². The highest BCUT2D eigenvalue weighted by molar-refractivity contribution is 5.35. The van der Waals surface area contributed by atoms with Crippen molar-refractivity contribution in [3.05, 3.63) is 34.9 Å². The molecule has 1 nitrogen and oxygen atoms in total. The highest BCUT2D eigenvalue weighted by atomic mass is 19.1. The quantitative estimate of drug-likeness (QED) is 0.630. The van der Waals surface area contributed by atoms with Crippen molar-refractivity contribution in [3.8, 4) is 6.07 Å². The molecule has 0 aliphatic heterocycles. The molecule has 0 bridgehead atoms. The van der Waals surface area contributed by atoms with Gasteiger partial charge in [0.1, 0.15) is 23.3 Å². The van der Waals surface area contributed by atoms with Crippen molar-refractivity contribution in [1.82, 2.24) is 0 Å². The maximum atomic E-state index is 12.8. The molecule has 1 aromatic carbocycles. The Hall–Kier alpha value is -1.43. The fourth-order valence-corrected chi connectivity index (χ4v) is 0.937. The molecule has 0 heterocycles. The second kappa shape index (κ2) is 3.31. The largest absolute Gasteiger partial charge is 0.205 e. The third-order valence-electron chi connectivity index (χ3n) is 1.62. The highest BCUT2D eigenvalue weighted by Gasteiger charge is 2.08. The maximum Gasteiger partial charge on any atom is 0.144 e. The van der Waals surface area contributed by atoms with Crippen LogP contribution >= 0.6 is 0 Å². The molecule has 0 radical (unpaired) electrons. The van der Waals surface area contributed by atoms with Crippen LogP contribution in [0.4, 0.5) is 8.78 Å². The van der Waals surface area contributed by atoms with Crippen LogP contribution in [0.2, 0.25) is 0 Å². The Morgan fingerprint density at radius 3 is 2.17 bits per heavy atom. The van der Waals surface area contributed by atoms with Gasteiger partial charge in [-0.25, -0.2) is 8.78 Å². The Bertz CT molecular complexity index is 316. The van der Waals surface area contributed by atoms with Crippen LogP contribution in [-0.2, 0) is 6.42 Å². The molecule has 0 spiro atoms. The molecule has 0 saturated heterocycles.